The first-order chi connectivity index (χ1) is 18.4. The van der Waals surface area contributed by atoms with Crippen LogP contribution in [0, 0.1) is 0 Å². The highest BCUT2D eigenvalue weighted by atomic mass is 16.6. The lowest BCUT2D eigenvalue weighted by molar-refractivity contribution is -0.919. The molecule has 2 aromatic rings. The number of esters is 1. The summed E-state index contributed by atoms with van der Waals surface area (Å²) in [5, 5.41) is 0. The molecule has 4 heteroatoms. The summed E-state index contributed by atoms with van der Waals surface area (Å²) in [4.78, 5) is 13.1. The van der Waals surface area contributed by atoms with Gasteiger partial charge < -0.3 is 14.0 Å². The number of benzene rings is 2. The molecule has 0 aromatic heterocycles. The molecule has 0 aliphatic heterocycles. The maximum Gasteiger partial charge on any atom is 0.365 e. The number of hydrogen-bond donors (Lipinski definition) is 0. The van der Waals surface area contributed by atoms with E-state index < -0.39 is 0 Å². The van der Waals surface area contributed by atoms with Crippen molar-refractivity contribution in [3.63, 3.8) is 0 Å². The third kappa shape index (κ3) is 12.0. The summed E-state index contributed by atoms with van der Waals surface area (Å²) >= 11 is 0. The molecule has 0 fully saturated rings. The zero-order valence-electron chi connectivity index (χ0n) is 24.9. The van der Waals surface area contributed by atoms with E-state index in [1.807, 2.05) is 18.2 Å². The van der Waals surface area contributed by atoms with Crippen LogP contribution in [0.15, 0.2) is 54.6 Å². The van der Waals surface area contributed by atoms with Crippen LogP contribution in [0.2, 0.25) is 0 Å². The number of nitrogens with zero attached hydrogens (tertiary/aromatic N) is 1. The monoisotopic (exact) mass is 524 g/mol. The molecule has 2 unspecified atom stereocenters. The van der Waals surface area contributed by atoms with Gasteiger partial charge in [0.25, 0.3) is 0 Å². The molecule has 2 aromatic carbocycles. The average molecular weight is 525 g/mol. The first-order valence-corrected chi connectivity index (χ1v) is 15.2. The Balaban J connectivity index is 1.73. The second kappa shape index (κ2) is 18.0. The summed E-state index contributed by atoms with van der Waals surface area (Å²) in [6, 6.07) is 18.6. The molecular formula is C34H54NO3+. The number of rotatable bonds is 20. The van der Waals surface area contributed by atoms with Crippen LogP contribution in [0.3, 0.4) is 0 Å². The number of ether oxygens (including phenoxy) is 2. The Morgan fingerprint density at radius 2 is 1.34 bits per heavy atom. The van der Waals surface area contributed by atoms with Crippen LogP contribution in [-0.2, 0) is 22.5 Å². The largest absolute Gasteiger partial charge is 0.487 e. The molecule has 0 amide bonds. The van der Waals surface area contributed by atoms with Gasteiger partial charge in [-0.2, -0.15) is 0 Å². The smallest absolute Gasteiger partial charge is 0.365 e. The molecule has 2 rings (SSSR count). The minimum Gasteiger partial charge on any atom is -0.487 e. The van der Waals surface area contributed by atoms with E-state index in [4.69, 9.17) is 9.47 Å². The van der Waals surface area contributed by atoms with Crippen LogP contribution in [0.25, 0.3) is 0 Å². The lowest BCUT2D eigenvalue weighted by Gasteiger charge is -2.36. The van der Waals surface area contributed by atoms with Gasteiger partial charge in [-0.25, -0.2) is 4.79 Å². The molecule has 4 nitrogen and oxygen atoms in total. The Morgan fingerprint density at radius 3 is 1.92 bits per heavy atom. The standard InChI is InChI=1S/C34H54NO3/c1-6-9-10-11-12-13-14-15-17-20-29-23-25-32(26-24-29)38-31(7-2)28-37-34(36)33(8-3)35(4,5)27-30-21-18-16-19-22-30/h16,18-19,21-26,31,33H,6-15,17,20,27-28H2,1-5H3/q+1. The Morgan fingerprint density at radius 1 is 0.737 bits per heavy atom. The zero-order valence-corrected chi connectivity index (χ0v) is 24.9. The number of hydrogen-bond acceptors (Lipinski definition) is 3. The van der Waals surface area contributed by atoms with Crippen molar-refractivity contribution >= 4 is 5.97 Å². The molecule has 38 heavy (non-hydrogen) atoms. The van der Waals surface area contributed by atoms with Crippen molar-refractivity contribution < 1.29 is 18.8 Å². The van der Waals surface area contributed by atoms with Gasteiger partial charge in [0.1, 0.15) is 25.0 Å². The van der Waals surface area contributed by atoms with Crippen LogP contribution >= 0.6 is 0 Å². The quantitative estimate of drug-likeness (QED) is 0.0989. The van der Waals surface area contributed by atoms with Crippen molar-refractivity contribution in [3.05, 3.63) is 65.7 Å². The van der Waals surface area contributed by atoms with E-state index in [1.165, 1.54) is 68.9 Å². The number of aryl methyl sites for hydroxylation is 1. The van der Waals surface area contributed by atoms with Crippen molar-refractivity contribution in [2.75, 3.05) is 20.7 Å². The molecule has 0 spiro atoms. The SMILES string of the molecule is CCCCCCCCCCCc1ccc(OC(CC)COC(=O)C(CC)[N+](C)(C)Cc2ccccc2)cc1. The normalized spacial score (nSPS) is 13.2. The average Bonchev–Trinajstić information content (AvgIpc) is 2.91. The second-order valence-electron chi connectivity index (χ2n) is 11.3. The van der Waals surface area contributed by atoms with Crippen molar-refractivity contribution in [1.82, 2.24) is 0 Å². The Hall–Kier alpha value is -2.33. The summed E-state index contributed by atoms with van der Waals surface area (Å²) in [6.07, 6.45) is 14.7. The molecule has 0 aliphatic rings. The van der Waals surface area contributed by atoms with Crippen molar-refractivity contribution in [3.8, 4) is 5.75 Å². The van der Waals surface area contributed by atoms with Gasteiger partial charge in [-0.05, 0) is 37.0 Å². The summed E-state index contributed by atoms with van der Waals surface area (Å²) < 4.78 is 12.5. The first kappa shape index (κ1) is 31.9. The number of likely N-dealkylation sites (N-methyl/N-ethyl adjacent to an activating group) is 1. The van der Waals surface area contributed by atoms with E-state index in [9.17, 15) is 4.79 Å². The minimum absolute atomic E-state index is 0.146. The molecule has 0 radical (unpaired) electrons. The fraction of sp³-hybridized carbons (Fsp3) is 0.618. The fourth-order valence-electron chi connectivity index (χ4n) is 5.18. The van der Waals surface area contributed by atoms with Gasteiger partial charge in [0.2, 0.25) is 0 Å². The number of carbonyl (C=O) groups excluding carboxylic acids is 1. The molecule has 0 aliphatic carbocycles. The lowest BCUT2D eigenvalue weighted by Crippen LogP contribution is -2.52. The number of quaternary nitrogens is 1. The van der Waals surface area contributed by atoms with Crippen LogP contribution in [0.1, 0.15) is 103 Å². The summed E-state index contributed by atoms with van der Waals surface area (Å²) in [5.74, 6) is 0.697. The van der Waals surface area contributed by atoms with E-state index in [0.29, 0.717) is 4.48 Å². The Labute approximate surface area is 233 Å². The fourth-order valence-corrected chi connectivity index (χ4v) is 5.18. The van der Waals surface area contributed by atoms with Crippen LogP contribution in [0.5, 0.6) is 5.75 Å². The summed E-state index contributed by atoms with van der Waals surface area (Å²) in [6.45, 7) is 7.46. The third-order valence-electron chi connectivity index (χ3n) is 7.60. The lowest BCUT2D eigenvalue weighted by atomic mass is 10.0. The van der Waals surface area contributed by atoms with Gasteiger partial charge in [0, 0.05) is 12.0 Å². The Bertz CT molecular complexity index is 878. The third-order valence-corrected chi connectivity index (χ3v) is 7.60. The molecule has 0 N–H and O–H groups in total. The van der Waals surface area contributed by atoms with E-state index in [1.54, 1.807) is 0 Å². The van der Waals surface area contributed by atoms with Gasteiger partial charge in [0.05, 0.1) is 14.1 Å². The minimum atomic E-state index is -0.215. The highest BCUT2D eigenvalue weighted by molar-refractivity contribution is 5.74. The van der Waals surface area contributed by atoms with Gasteiger partial charge in [-0.1, -0.05) is 115 Å². The summed E-state index contributed by atoms with van der Waals surface area (Å²) in [5.41, 5.74) is 2.59. The predicted molar refractivity (Wildman–Crippen MR) is 159 cm³/mol. The van der Waals surface area contributed by atoms with E-state index in [-0.39, 0.29) is 24.7 Å². The molecule has 0 saturated heterocycles. The maximum atomic E-state index is 13.1. The Kier molecular flexibility index (Phi) is 15.1. The highest BCUT2D eigenvalue weighted by Crippen LogP contribution is 2.20. The van der Waals surface area contributed by atoms with Crippen LogP contribution in [-0.4, -0.2) is 43.3 Å². The zero-order chi connectivity index (χ0) is 27.6. The van der Waals surface area contributed by atoms with Crippen LogP contribution in [0.4, 0.5) is 0 Å². The van der Waals surface area contributed by atoms with Crippen molar-refractivity contribution in [2.24, 2.45) is 0 Å². The van der Waals surface area contributed by atoms with E-state index in [2.05, 4.69) is 71.3 Å². The first-order valence-electron chi connectivity index (χ1n) is 15.2. The van der Waals surface area contributed by atoms with Gasteiger partial charge >= 0.3 is 5.97 Å². The molecule has 0 heterocycles. The molecule has 0 saturated carbocycles. The highest BCUT2D eigenvalue weighted by Gasteiger charge is 2.35. The molecule has 0 bridgehead atoms. The topological polar surface area (TPSA) is 35.5 Å². The predicted octanol–water partition coefficient (Wildman–Crippen LogP) is 8.52. The molecule has 212 valence electrons. The van der Waals surface area contributed by atoms with Gasteiger partial charge in [-0.3, -0.25) is 0 Å². The number of unbranched alkanes of at least 4 members (excludes halogenated alkanes) is 8. The van der Waals surface area contributed by atoms with E-state index >= 15 is 0 Å². The molecule has 2 atom stereocenters. The summed E-state index contributed by atoms with van der Waals surface area (Å²) in [7, 11) is 4.21. The number of carbonyl (C=O) groups is 1. The second-order valence-corrected chi connectivity index (χ2v) is 11.3. The molecular weight excluding hydrogens is 470 g/mol. The van der Waals surface area contributed by atoms with E-state index in [0.717, 1.165) is 31.6 Å². The van der Waals surface area contributed by atoms with Crippen molar-refractivity contribution in [1.29, 1.82) is 0 Å². The van der Waals surface area contributed by atoms with Gasteiger partial charge in [-0.15, -0.1) is 0 Å². The maximum absolute atomic E-state index is 13.1. The van der Waals surface area contributed by atoms with Gasteiger partial charge in [0.15, 0.2) is 6.04 Å². The van der Waals surface area contributed by atoms with Crippen molar-refractivity contribution in [2.45, 2.75) is 117 Å². The van der Waals surface area contributed by atoms with Crippen LogP contribution < -0.4 is 4.74 Å².